The molecule has 2 aromatic rings. The lowest BCUT2D eigenvalue weighted by atomic mass is 10.1. The van der Waals surface area contributed by atoms with E-state index in [1.165, 1.54) is 18.2 Å². The largest absolute Gasteiger partial charge is 0.223 e. The van der Waals surface area contributed by atoms with Crippen molar-refractivity contribution in [2.45, 2.75) is 9.96 Å². The van der Waals surface area contributed by atoms with Crippen LogP contribution in [0.3, 0.4) is 0 Å². The highest BCUT2D eigenvalue weighted by atomic mass is 32.2. The predicted molar refractivity (Wildman–Crippen MR) is 66.3 cm³/mol. The number of nitriles is 1. The lowest BCUT2D eigenvalue weighted by molar-refractivity contribution is 0.588. The summed E-state index contributed by atoms with van der Waals surface area (Å²) in [5.41, 5.74) is 0.259. The fraction of sp³-hybridized carbons (Fsp3) is 0.0833. The summed E-state index contributed by atoms with van der Waals surface area (Å²) in [5.74, 6) is -1.05. The molecule has 0 unspecified atom stereocenters. The average molecular weight is 281 g/mol. The quantitative estimate of drug-likeness (QED) is 0.869. The van der Waals surface area contributed by atoms with Crippen molar-refractivity contribution in [1.82, 2.24) is 0 Å². The van der Waals surface area contributed by atoms with Gasteiger partial charge in [0.1, 0.15) is 10.0 Å². The monoisotopic (exact) mass is 281 g/mol. The van der Waals surface area contributed by atoms with E-state index in [1.54, 1.807) is 11.4 Å². The number of hydrogen-bond acceptors (Lipinski definition) is 4. The van der Waals surface area contributed by atoms with Gasteiger partial charge in [-0.1, -0.05) is 6.07 Å². The molecule has 0 radical (unpaired) electrons. The molecule has 1 aromatic carbocycles. The number of halogens is 1. The molecular formula is C12H8FNO2S2. The Morgan fingerprint density at radius 1 is 1.33 bits per heavy atom. The molecular weight excluding hydrogens is 273 g/mol. The van der Waals surface area contributed by atoms with Gasteiger partial charge in [-0.3, -0.25) is 0 Å². The Morgan fingerprint density at radius 2 is 2.11 bits per heavy atom. The smallest absolute Gasteiger partial charge is 0.191 e. The van der Waals surface area contributed by atoms with Crippen molar-refractivity contribution in [3.8, 4) is 6.07 Å². The summed E-state index contributed by atoms with van der Waals surface area (Å²) in [6, 6.07) is 8.65. The van der Waals surface area contributed by atoms with E-state index < -0.39 is 21.4 Å². The van der Waals surface area contributed by atoms with Gasteiger partial charge in [-0.2, -0.15) is 5.26 Å². The highest BCUT2D eigenvalue weighted by molar-refractivity contribution is 7.92. The standard InChI is InChI=1S/C12H8FNO2S2/c13-11-4-3-9(7-14)6-10(11)8-18(15,16)12-2-1-5-17-12/h1-6H,8H2. The van der Waals surface area contributed by atoms with Gasteiger partial charge in [0, 0.05) is 5.56 Å². The number of rotatable bonds is 3. The highest BCUT2D eigenvalue weighted by Gasteiger charge is 2.18. The van der Waals surface area contributed by atoms with E-state index in [0.717, 1.165) is 17.4 Å². The van der Waals surface area contributed by atoms with Gasteiger partial charge in [0.15, 0.2) is 9.84 Å². The number of hydrogen-bond donors (Lipinski definition) is 0. The Hall–Kier alpha value is -1.71. The van der Waals surface area contributed by atoms with Crippen LogP contribution in [0.1, 0.15) is 11.1 Å². The van der Waals surface area contributed by atoms with Gasteiger partial charge in [0.25, 0.3) is 0 Å². The minimum absolute atomic E-state index is 0.0162. The SMILES string of the molecule is N#Cc1ccc(F)c(CS(=O)(=O)c2cccs2)c1. The van der Waals surface area contributed by atoms with Gasteiger partial charge in [0.2, 0.25) is 0 Å². The fourth-order valence-electron chi connectivity index (χ4n) is 1.47. The Balaban J connectivity index is 2.38. The van der Waals surface area contributed by atoms with E-state index >= 15 is 0 Å². The fourth-order valence-corrected chi connectivity index (χ4v) is 3.91. The summed E-state index contributed by atoms with van der Waals surface area (Å²) >= 11 is 1.09. The van der Waals surface area contributed by atoms with E-state index in [0.29, 0.717) is 0 Å². The Labute approximate surface area is 108 Å². The van der Waals surface area contributed by atoms with Gasteiger partial charge in [-0.05, 0) is 29.6 Å². The maximum atomic E-state index is 13.5. The van der Waals surface area contributed by atoms with Crippen LogP contribution in [0.25, 0.3) is 0 Å². The number of sulfone groups is 1. The molecule has 0 aliphatic carbocycles. The third-order valence-electron chi connectivity index (χ3n) is 2.32. The predicted octanol–water partition coefficient (Wildman–Crippen LogP) is 2.73. The summed E-state index contributed by atoms with van der Waals surface area (Å²) in [6.07, 6.45) is 0. The Morgan fingerprint density at radius 3 is 2.72 bits per heavy atom. The summed E-state index contributed by atoms with van der Waals surface area (Å²) in [4.78, 5) is 0. The third kappa shape index (κ3) is 2.58. The second-order valence-electron chi connectivity index (χ2n) is 3.61. The van der Waals surface area contributed by atoms with Crippen LogP contribution in [0.5, 0.6) is 0 Å². The molecule has 0 amide bonds. The van der Waals surface area contributed by atoms with Gasteiger partial charge < -0.3 is 0 Å². The van der Waals surface area contributed by atoms with Crippen LogP contribution >= 0.6 is 11.3 Å². The molecule has 6 heteroatoms. The first-order chi connectivity index (χ1) is 8.53. The summed E-state index contributed by atoms with van der Waals surface area (Å²) in [5, 5.41) is 10.4. The molecule has 0 spiro atoms. The number of nitrogens with zero attached hydrogens (tertiary/aromatic N) is 1. The maximum absolute atomic E-state index is 13.5. The first-order valence-corrected chi connectivity index (χ1v) is 7.51. The molecule has 1 heterocycles. The lowest BCUT2D eigenvalue weighted by Crippen LogP contribution is -2.05. The molecule has 3 nitrogen and oxygen atoms in total. The molecule has 92 valence electrons. The molecule has 18 heavy (non-hydrogen) atoms. The molecule has 0 bridgehead atoms. The van der Waals surface area contributed by atoms with Crippen LogP contribution in [-0.4, -0.2) is 8.42 Å². The topological polar surface area (TPSA) is 57.9 Å². The van der Waals surface area contributed by atoms with Crippen LogP contribution in [0.15, 0.2) is 39.9 Å². The average Bonchev–Trinajstić information content (AvgIpc) is 2.86. The third-order valence-corrected chi connectivity index (χ3v) is 5.47. The molecule has 0 atom stereocenters. The van der Waals surface area contributed by atoms with Gasteiger partial charge in [-0.25, -0.2) is 12.8 Å². The first-order valence-electron chi connectivity index (χ1n) is 4.98. The van der Waals surface area contributed by atoms with Crippen LogP contribution in [0.2, 0.25) is 0 Å². The van der Waals surface area contributed by atoms with Crippen LogP contribution in [-0.2, 0) is 15.6 Å². The van der Waals surface area contributed by atoms with E-state index in [2.05, 4.69) is 0 Å². The normalized spacial score (nSPS) is 11.1. The van der Waals surface area contributed by atoms with E-state index in [1.807, 2.05) is 6.07 Å². The van der Waals surface area contributed by atoms with Crippen molar-refractivity contribution < 1.29 is 12.8 Å². The molecule has 0 saturated carbocycles. The van der Waals surface area contributed by atoms with Crippen molar-refractivity contribution in [1.29, 1.82) is 5.26 Å². The summed E-state index contributed by atoms with van der Waals surface area (Å²) in [7, 11) is -3.55. The van der Waals surface area contributed by atoms with E-state index in [9.17, 15) is 12.8 Å². The van der Waals surface area contributed by atoms with Gasteiger partial charge in [-0.15, -0.1) is 11.3 Å². The van der Waals surface area contributed by atoms with Crippen molar-refractivity contribution >= 4 is 21.2 Å². The second-order valence-corrected chi connectivity index (χ2v) is 6.77. The van der Waals surface area contributed by atoms with Crippen molar-refractivity contribution in [2.24, 2.45) is 0 Å². The molecule has 0 aliphatic rings. The van der Waals surface area contributed by atoms with E-state index in [-0.39, 0.29) is 15.3 Å². The zero-order valence-electron chi connectivity index (χ0n) is 9.13. The lowest BCUT2D eigenvalue weighted by Gasteiger charge is -2.04. The van der Waals surface area contributed by atoms with Crippen molar-refractivity contribution in [3.05, 3.63) is 52.7 Å². The van der Waals surface area contributed by atoms with Crippen molar-refractivity contribution in [2.75, 3.05) is 0 Å². The number of thiophene rings is 1. The van der Waals surface area contributed by atoms with Gasteiger partial charge in [0.05, 0.1) is 17.4 Å². The molecule has 1 aromatic heterocycles. The zero-order valence-corrected chi connectivity index (χ0v) is 10.8. The molecule has 0 N–H and O–H groups in total. The van der Waals surface area contributed by atoms with E-state index in [4.69, 9.17) is 5.26 Å². The van der Waals surface area contributed by atoms with Gasteiger partial charge >= 0.3 is 0 Å². The second kappa shape index (κ2) is 4.88. The Bertz CT molecular complexity index is 700. The maximum Gasteiger partial charge on any atom is 0.191 e. The van der Waals surface area contributed by atoms with Crippen LogP contribution in [0, 0.1) is 17.1 Å². The van der Waals surface area contributed by atoms with Crippen LogP contribution < -0.4 is 0 Å². The Kier molecular flexibility index (Phi) is 3.45. The summed E-state index contributed by atoms with van der Waals surface area (Å²) < 4.78 is 37.7. The van der Waals surface area contributed by atoms with Crippen molar-refractivity contribution in [3.63, 3.8) is 0 Å². The molecule has 0 aliphatic heterocycles. The summed E-state index contributed by atoms with van der Waals surface area (Å²) in [6.45, 7) is 0. The first kappa shape index (κ1) is 12.7. The molecule has 2 rings (SSSR count). The molecule has 0 saturated heterocycles. The highest BCUT2D eigenvalue weighted by Crippen LogP contribution is 2.22. The number of benzene rings is 1. The minimum atomic E-state index is -3.55. The van der Waals surface area contributed by atoms with Crippen LogP contribution in [0.4, 0.5) is 4.39 Å². The zero-order chi connectivity index (χ0) is 13.2. The molecule has 0 fully saturated rings. The minimum Gasteiger partial charge on any atom is -0.223 e.